The van der Waals surface area contributed by atoms with Gasteiger partial charge in [-0.05, 0) is 43.5 Å². The van der Waals surface area contributed by atoms with Crippen LogP contribution in [0, 0.1) is 0 Å². The fourth-order valence-corrected chi connectivity index (χ4v) is 5.36. The van der Waals surface area contributed by atoms with E-state index >= 15 is 0 Å². The van der Waals surface area contributed by atoms with Gasteiger partial charge in [-0.2, -0.15) is 0 Å². The lowest BCUT2D eigenvalue weighted by Gasteiger charge is -2.33. The molecule has 2 aromatic rings. The Hall–Kier alpha value is -2.47. The van der Waals surface area contributed by atoms with Gasteiger partial charge in [-0.15, -0.1) is 11.3 Å². The van der Waals surface area contributed by atoms with Gasteiger partial charge < -0.3 is 10.2 Å². The number of likely N-dealkylation sites (tertiary alicyclic amines) is 1. The number of nitrogens with one attached hydrogen (secondary N) is 1. The topological polar surface area (TPSA) is 66.5 Å². The van der Waals surface area contributed by atoms with Gasteiger partial charge in [-0.25, -0.2) is 0 Å². The van der Waals surface area contributed by atoms with Crippen LogP contribution in [0.5, 0.6) is 0 Å². The molecule has 1 aromatic carbocycles. The number of anilines is 1. The van der Waals surface area contributed by atoms with Gasteiger partial charge >= 0.3 is 0 Å². The highest BCUT2D eigenvalue weighted by Gasteiger charge is 2.58. The Balaban J connectivity index is 1.72. The lowest BCUT2D eigenvalue weighted by molar-refractivity contribution is -0.121. The van der Waals surface area contributed by atoms with Crippen LogP contribution in [-0.4, -0.2) is 35.1 Å². The molecule has 0 aliphatic carbocycles. The molecule has 140 valence electrons. The number of benzene rings is 1. The Morgan fingerprint density at radius 3 is 2.67 bits per heavy atom. The second kappa shape index (κ2) is 6.60. The van der Waals surface area contributed by atoms with Crippen molar-refractivity contribution >= 4 is 34.6 Å². The normalized spacial score (nSPS) is 23.6. The molecule has 2 atom stereocenters. The summed E-state index contributed by atoms with van der Waals surface area (Å²) >= 11 is 1.23. The second-order valence-electron chi connectivity index (χ2n) is 7.24. The number of nitrogens with zero attached hydrogens (tertiary/aromatic N) is 1. The highest BCUT2D eigenvalue weighted by Crippen LogP contribution is 2.49. The van der Waals surface area contributed by atoms with Crippen molar-refractivity contribution in [2.75, 3.05) is 11.9 Å². The number of Topliss-reactive ketones (excluding diaryl/α,β-unsaturated/α-hetero) is 1. The van der Waals surface area contributed by atoms with E-state index in [1.54, 1.807) is 12.1 Å². The average Bonchev–Trinajstić information content (AvgIpc) is 3.34. The zero-order chi connectivity index (χ0) is 19.2. The number of para-hydroxylation sites is 1. The smallest absolute Gasteiger partial charge is 0.264 e. The third-order valence-corrected chi connectivity index (χ3v) is 6.91. The van der Waals surface area contributed by atoms with Crippen LogP contribution in [0.3, 0.4) is 0 Å². The van der Waals surface area contributed by atoms with Crippen LogP contribution in [0.4, 0.5) is 5.69 Å². The third-order valence-electron chi connectivity index (χ3n) is 5.74. The summed E-state index contributed by atoms with van der Waals surface area (Å²) in [5.41, 5.74) is 1.18. The summed E-state index contributed by atoms with van der Waals surface area (Å²) in [4.78, 5) is 40.8. The average molecular weight is 382 g/mol. The minimum absolute atomic E-state index is 0.00643. The number of hydrogen-bond acceptors (Lipinski definition) is 4. The van der Waals surface area contributed by atoms with Crippen molar-refractivity contribution in [1.82, 2.24) is 4.90 Å². The fraction of sp³-hybridized carbons (Fsp3) is 0.381. The van der Waals surface area contributed by atoms with Crippen LogP contribution in [-0.2, 0) is 10.2 Å². The summed E-state index contributed by atoms with van der Waals surface area (Å²) in [6.45, 7) is 4.12. The van der Waals surface area contributed by atoms with E-state index in [2.05, 4.69) is 12.2 Å². The number of amides is 2. The van der Waals surface area contributed by atoms with Crippen LogP contribution in [0.1, 0.15) is 58.0 Å². The summed E-state index contributed by atoms with van der Waals surface area (Å²) in [7, 11) is 0. The standard InChI is InChI=1S/C21H22N2O3S/c1-3-6-18-21(14-7-4-5-8-15(14)22-20(21)26)11-12-23(18)19(25)17-10-9-16(27-17)13(2)24/h4-5,7-10,18H,3,6,11-12H2,1-2H3,(H,22,26)/t18-,21+/m0/s1. The number of ketones is 1. The first-order valence-corrected chi connectivity index (χ1v) is 10.1. The largest absolute Gasteiger partial charge is 0.333 e. The van der Waals surface area contributed by atoms with Crippen LogP contribution < -0.4 is 5.32 Å². The van der Waals surface area contributed by atoms with E-state index in [9.17, 15) is 14.4 Å². The van der Waals surface area contributed by atoms with Crippen molar-refractivity contribution in [1.29, 1.82) is 0 Å². The summed E-state index contributed by atoms with van der Waals surface area (Å²) in [5, 5.41) is 3.02. The lowest BCUT2D eigenvalue weighted by atomic mass is 9.73. The number of thiophene rings is 1. The number of rotatable bonds is 4. The number of fused-ring (bicyclic) bond motifs is 2. The van der Waals surface area contributed by atoms with Gasteiger partial charge in [0.05, 0.1) is 21.2 Å². The molecule has 2 amide bonds. The predicted molar refractivity (Wildman–Crippen MR) is 105 cm³/mol. The summed E-state index contributed by atoms with van der Waals surface area (Å²) in [6, 6.07) is 11.0. The Morgan fingerprint density at radius 1 is 1.22 bits per heavy atom. The SMILES string of the molecule is CCC[C@@H]1N(C(=O)c2ccc(C(C)=O)s2)CC[C@]12C(=O)Nc1ccccc12. The summed E-state index contributed by atoms with van der Waals surface area (Å²) < 4.78 is 0. The third kappa shape index (κ3) is 2.62. The van der Waals surface area contributed by atoms with Gasteiger partial charge in [0.1, 0.15) is 0 Å². The summed E-state index contributed by atoms with van der Waals surface area (Å²) in [5.74, 6) is -0.126. The van der Waals surface area contributed by atoms with Gasteiger partial charge in [0.25, 0.3) is 5.91 Å². The molecule has 6 heteroatoms. The van der Waals surface area contributed by atoms with Crippen LogP contribution in [0.15, 0.2) is 36.4 Å². The van der Waals surface area contributed by atoms with Crippen LogP contribution in [0.2, 0.25) is 0 Å². The fourth-order valence-electron chi connectivity index (χ4n) is 4.50. The number of carbonyl (C=O) groups is 3. The van der Waals surface area contributed by atoms with E-state index in [1.807, 2.05) is 29.2 Å². The number of carbonyl (C=O) groups excluding carboxylic acids is 3. The Kier molecular flexibility index (Phi) is 4.38. The minimum Gasteiger partial charge on any atom is -0.333 e. The van der Waals surface area contributed by atoms with E-state index in [-0.39, 0.29) is 23.6 Å². The minimum atomic E-state index is -0.678. The molecule has 1 N–H and O–H groups in total. The molecule has 0 unspecified atom stereocenters. The maximum absolute atomic E-state index is 13.2. The van der Waals surface area contributed by atoms with Gasteiger partial charge in [-0.1, -0.05) is 31.5 Å². The first kappa shape index (κ1) is 17.9. The molecule has 4 rings (SSSR count). The van der Waals surface area contributed by atoms with Gasteiger partial charge in [0.2, 0.25) is 5.91 Å². The van der Waals surface area contributed by atoms with Gasteiger partial charge in [0.15, 0.2) is 5.78 Å². The molecule has 2 aliphatic rings. The zero-order valence-electron chi connectivity index (χ0n) is 15.5. The molecule has 1 spiro atoms. The first-order valence-electron chi connectivity index (χ1n) is 9.31. The molecule has 0 saturated carbocycles. The maximum atomic E-state index is 13.2. The van der Waals surface area contributed by atoms with Crippen molar-refractivity contribution in [3.05, 3.63) is 51.7 Å². The highest BCUT2D eigenvalue weighted by atomic mass is 32.1. The van der Waals surface area contributed by atoms with E-state index in [4.69, 9.17) is 0 Å². The molecule has 0 bridgehead atoms. The zero-order valence-corrected chi connectivity index (χ0v) is 16.3. The maximum Gasteiger partial charge on any atom is 0.264 e. The first-order chi connectivity index (χ1) is 13.0. The monoisotopic (exact) mass is 382 g/mol. The van der Waals surface area contributed by atoms with Crippen LogP contribution in [0.25, 0.3) is 0 Å². The van der Waals surface area contributed by atoms with E-state index in [0.717, 1.165) is 24.1 Å². The lowest BCUT2D eigenvalue weighted by Crippen LogP contribution is -2.48. The van der Waals surface area contributed by atoms with Crippen molar-refractivity contribution in [3.63, 3.8) is 0 Å². The second-order valence-corrected chi connectivity index (χ2v) is 8.33. The van der Waals surface area contributed by atoms with Crippen molar-refractivity contribution in [2.24, 2.45) is 0 Å². The van der Waals surface area contributed by atoms with Crippen molar-refractivity contribution in [3.8, 4) is 0 Å². The van der Waals surface area contributed by atoms with E-state index in [0.29, 0.717) is 22.7 Å². The summed E-state index contributed by atoms with van der Waals surface area (Å²) in [6.07, 6.45) is 2.27. The molecule has 5 nitrogen and oxygen atoms in total. The molecule has 2 aliphatic heterocycles. The Labute approximate surface area is 162 Å². The molecule has 1 aromatic heterocycles. The molecule has 3 heterocycles. The number of hydrogen-bond donors (Lipinski definition) is 1. The molecule has 27 heavy (non-hydrogen) atoms. The van der Waals surface area contributed by atoms with Gasteiger partial charge in [0, 0.05) is 12.2 Å². The van der Waals surface area contributed by atoms with Gasteiger partial charge in [-0.3, -0.25) is 14.4 Å². The Bertz CT molecular complexity index is 935. The van der Waals surface area contributed by atoms with Crippen LogP contribution >= 0.6 is 11.3 Å². The predicted octanol–water partition coefficient (Wildman–Crippen LogP) is 3.86. The molecular formula is C21H22N2O3S. The molecule has 1 fully saturated rings. The molecule has 0 radical (unpaired) electrons. The highest BCUT2D eigenvalue weighted by molar-refractivity contribution is 7.15. The Morgan fingerprint density at radius 2 is 1.96 bits per heavy atom. The van der Waals surface area contributed by atoms with Crippen molar-refractivity contribution < 1.29 is 14.4 Å². The van der Waals surface area contributed by atoms with E-state index in [1.165, 1.54) is 18.3 Å². The molecular weight excluding hydrogens is 360 g/mol. The molecule has 1 saturated heterocycles. The van der Waals surface area contributed by atoms with E-state index < -0.39 is 5.41 Å². The quantitative estimate of drug-likeness (QED) is 0.817. The van der Waals surface area contributed by atoms with Crippen molar-refractivity contribution in [2.45, 2.75) is 44.6 Å².